The summed E-state index contributed by atoms with van der Waals surface area (Å²) >= 11 is 0. The lowest BCUT2D eigenvalue weighted by atomic mass is 9.66. The molecule has 1 rings (SSSR count). The Morgan fingerprint density at radius 1 is 1.24 bits per heavy atom. The van der Waals surface area contributed by atoms with Crippen LogP contribution >= 0.6 is 0 Å². The number of unbranched alkanes of at least 4 members (excludes halogenated alkanes) is 1. The van der Waals surface area contributed by atoms with E-state index in [-0.39, 0.29) is 23.0 Å². The molecule has 3 nitrogen and oxygen atoms in total. The summed E-state index contributed by atoms with van der Waals surface area (Å²) < 4.78 is 0. The van der Waals surface area contributed by atoms with Crippen LogP contribution in [0.2, 0.25) is 0 Å². The van der Waals surface area contributed by atoms with Crippen LogP contribution in [0.5, 0.6) is 0 Å². The van der Waals surface area contributed by atoms with Crippen molar-refractivity contribution >= 4 is 5.91 Å². The van der Waals surface area contributed by atoms with Gasteiger partial charge in [-0.05, 0) is 52.0 Å². The third-order valence-corrected chi connectivity index (χ3v) is 6.11. The van der Waals surface area contributed by atoms with Gasteiger partial charge in [0.05, 0.1) is 0 Å². The Morgan fingerprint density at radius 2 is 1.86 bits per heavy atom. The maximum absolute atomic E-state index is 11.6. The van der Waals surface area contributed by atoms with Gasteiger partial charge in [-0.3, -0.25) is 9.69 Å². The molecule has 0 saturated carbocycles. The number of likely N-dealkylation sites (tertiary alicyclic amines) is 1. The Hall–Kier alpha value is -0.570. The number of amides is 1. The fourth-order valence-corrected chi connectivity index (χ4v) is 4.18. The first-order valence-corrected chi connectivity index (χ1v) is 8.80. The summed E-state index contributed by atoms with van der Waals surface area (Å²) in [4.78, 5) is 14.3. The lowest BCUT2D eigenvalue weighted by Crippen LogP contribution is -2.70. The van der Waals surface area contributed by atoms with Crippen LogP contribution in [-0.2, 0) is 4.79 Å². The number of carbonyl (C=O) groups is 1. The van der Waals surface area contributed by atoms with Crippen molar-refractivity contribution in [1.82, 2.24) is 10.2 Å². The zero-order valence-electron chi connectivity index (χ0n) is 15.3. The van der Waals surface area contributed by atoms with E-state index in [2.05, 4.69) is 51.8 Å². The average molecular weight is 296 g/mol. The van der Waals surface area contributed by atoms with Gasteiger partial charge in [0.25, 0.3) is 0 Å². The van der Waals surface area contributed by atoms with E-state index >= 15 is 0 Å². The predicted molar refractivity (Wildman–Crippen MR) is 90.4 cm³/mol. The van der Waals surface area contributed by atoms with Crippen molar-refractivity contribution in [1.29, 1.82) is 0 Å². The molecular weight excluding hydrogens is 260 g/mol. The molecule has 3 heteroatoms. The molecule has 1 amide bonds. The summed E-state index contributed by atoms with van der Waals surface area (Å²) in [5.41, 5.74) is 0.338. The molecule has 0 aromatic heterocycles. The Bertz CT molecular complexity index is 357. The van der Waals surface area contributed by atoms with E-state index < -0.39 is 0 Å². The molecule has 21 heavy (non-hydrogen) atoms. The molecule has 1 fully saturated rings. The number of nitrogens with one attached hydrogen (secondary N) is 1. The summed E-state index contributed by atoms with van der Waals surface area (Å²) in [5.74, 6) is 0.577. The van der Waals surface area contributed by atoms with Crippen LogP contribution in [0, 0.1) is 5.92 Å². The number of hydrogen-bond acceptors (Lipinski definition) is 2. The highest BCUT2D eigenvalue weighted by molar-refractivity contribution is 5.73. The Balaban J connectivity index is 3.14. The van der Waals surface area contributed by atoms with E-state index in [1.54, 1.807) is 6.92 Å². The molecule has 1 aliphatic rings. The first-order valence-electron chi connectivity index (χ1n) is 8.80. The molecule has 4 atom stereocenters. The lowest BCUT2D eigenvalue weighted by Gasteiger charge is -2.61. The maximum Gasteiger partial charge on any atom is 0.217 e. The maximum atomic E-state index is 11.6. The average Bonchev–Trinajstić information content (AvgIpc) is 2.44. The highest BCUT2D eigenvalue weighted by atomic mass is 16.1. The molecule has 1 N–H and O–H groups in total. The van der Waals surface area contributed by atoms with E-state index in [1.807, 2.05) is 0 Å². The van der Waals surface area contributed by atoms with E-state index in [9.17, 15) is 4.79 Å². The predicted octanol–water partition coefficient (Wildman–Crippen LogP) is 3.97. The summed E-state index contributed by atoms with van der Waals surface area (Å²) in [6.45, 7) is 16.8. The van der Waals surface area contributed by atoms with Crippen molar-refractivity contribution in [3.63, 3.8) is 0 Å². The third kappa shape index (κ3) is 3.61. The normalized spacial score (nSPS) is 37.5. The van der Waals surface area contributed by atoms with Crippen molar-refractivity contribution in [3.05, 3.63) is 0 Å². The van der Waals surface area contributed by atoms with Gasteiger partial charge in [-0.2, -0.15) is 0 Å². The molecule has 1 aliphatic heterocycles. The van der Waals surface area contributed by atoms with Crippen LogP contribution in [0.25, 0.3) is 0 Å². The third-order valence-electron chi connectivity index (χ3n) is 6.11. The summed E-state index contributed by atoms with van der Waals surface area (Å²) in [6, 6.07) is 0.287. The Morgan fingerprint density at radius 3 is 2.29 bits per heavy atom. The molecule has 0 aliphatic carbocycles. The van der Waals surface area contributed by atoms with Gasteiger partial charge in [-0.1, -0.05) is 34.1 Å². The minimum absolute atomic E-state index is 0.103. The molecule has 0 aromatic rings. The number of hydrogen-bond donors (Lipinski definition) is 1. The number of nitrogens with zero attached hydrogens (tertiary/aromatic N) is 1. The Labute approximate surface area is 131 Å². The monoisotopic (exact) mass is 296 g/mol. The van der Waals surface area contributed by atoms with Gasteiger partial charge in [0.15, 0.2) is 0 Å². The van der Waals surface area contributed by atoms with Gasteiger partial charge in [-0.25, -0.2) is 0 Å². The number of carbonyl (C=O) groups excluding carboxylic acids is 1. The van der Waals surface area contributed by atoms with Crippen LogP contribution < -0.4 is 5.32 Å². The summed E-state index contributed by atoms with van der Waals surface area (Å²) in [5, 5.41) is 3.22. The van der Waals surface area contributed by atoms with Gasteiger partial charge in [0, 0.05) is 24.0 Å². The highest BCUT2D eigenvalue weighted by Crippen LogP contribution is 2.45. The molecule has 1 saturated heterocycles. The van der Waals surface area contributed by atoms with Crippen molar-refractivity contribution in [2.75, 3.05) is 6.54 Å². The fourth-order valence-electron chi connectivity index (χ4n) is 4.18. The van der Waals surface area contributed by atoms with Gasteiger partial charge >= 0.3 is 0 Å². The second-order valence-corrected chi connectivity index (χ2v) is 7.37. The quantitative estimate of drug-likeness (QED) is 0.804. The van der Waals surface area contributed by atoms with Gasteiger partial charge < -0.3 is 5.32 Å². The second-order valence-electron chi connectivity index (χ2n) is 7.37. The van der Waals surface area contributed by atoms with Crippen LogP contribution in [-0.4, -0.2) is 34.5 Å². The zero-order chi connectivity index (χ0) is 16.3. The molecule has 1 heterocycles. The van der Waals surface area contributed by atoms with Crippen LogP contribution in [0.3, 0.4) is 0 Å². The van der Waals surface area contributed by atoms with Crippen molar-refractivity contribution in [3.8, 4) is 0 Å². The van der Waals surface area contributed by atoms with Gasteiger partial charge in [0.1, 0.15) is 0 Å². The topological polar surface area (TPSA) is 32.3 Å². The molecule has 0 spiro atoms. The minimum atomic E-state index is 0.103. The van der Waals surface area contributed by atoms with E-state index in [0.717, 1.165) is 19.3 Å². The van der Waals surface area contributed by atoms with Crippen LogP contribution in [0.4, 0.5) is 0 Å². The molecule has 0 aromatic carbocycles. The summed E-state index contributed by atoms with van der Waals surface area (Å²) in [6.07, 6.45) is 5.81. The van der Waals surface area contributed by atoms with E-state index in [4.69, 9.17) is 0 Å². The lowest BCUT2D eigenvalue weighted by molar-refractivity contribution is -0.126. The highest BCUT2D eigenvalue weighted by Gasteiger charge is 2.52. The molecule has 124 valence electrons. The largest absolute Gasteiger partial charge is 0.353 e. The zero-order valence-corrected chi connectivity index (χ0v) is 15.3. The smallest absolute Gasteiger partial charge is 0.217 e. The van der Waals surface area contributed by atoms with Gasteiger partial charge in [0.2, 0.25) is 5.91 Å². The molecule has 0 radical (unpaired) electrons. The molecule has 4 unspecified atom stereocenters. The SMILES string of the molecule is CCCCN1C(C)(CC)CC(NC(C)=O)C(C)C1(C)CC. The number of piperidine rings is 1. The number of rotatable bonds is 6. The van der Waals surface area contributed by atoms with E-state index in [1.165, 1.54) is 19.4 Å². The van der Waals surface area contributed by atoms with Crippen molar-refractivity contribution in [2.45, 2.75) is 97.7 Å². The minimum Gasteiger partial charge on any atom is -0.353 e. The fraction of sp³-hybridized carbons (Fsp3) is 0.944. The first-order chi connectivity index (χ1) is 9.75. The van der Waals surface area contributed by atoms with Crippen LogP contribution in [0.1, 0.15) is 80.6 Å². The Kier molecular flexibility index (Phi) is 6.27. The van der Waals surface area contributed by atoms with Crippen LogP contribution in [0.15, 0.2) is 0 Å². The van der Waals surface area contributed by atoms with Gasteiger partial charge in [-0.15, -0.1) is 0 Å². The summed E-state index contributed by atoms with van der Waals surface area (Å²) in [7, 11) is 0. The van der Waals surface area contributed by atoms with Crippen molar-refractivity contribution < 1.29 is 4.79 Å². The van der Waals surface area contributed by atoms with Crippen molar-refractivity contribution in [2.24, 2.45) is 5.92 Å². The molecule has 0 bridgehead atoms. The standard InChI is InChI=1S/C18H36N2O/c1-8-11-12-20-17(6,9-2)13-16(19-15(5)21)14(4)18(20,7)10-3/h14,16H,8-13H2,1-7H3,(H,19,21). The second kappa shape index (κ2) is 7.13. The first kappa shape index (κ1) is 18.5. The molecular formula is C18H36N2O. The van der Waals surface area contributed by atoms with E-state index in [0.29, 0.717) is 5.92 Å².